The Morgan fingerprint density at radius 1 is 0.968 bits per heavy atom. The van der Waals surface area contributed by atoms with Crippen LogP contribution in [0, 0.1) is 5.82 Å². The number of hydrogen-bond donors (Lipinski definition) is 0. The minimum absolute atomic E-state index is 0.158. The van der Waals surface area contributed by atoms with Gasteiger partial charge in [-0.3, -0.25) is 9.59 Å². The average molecular weight is 474 g/mol. The van der Waals surface area contributed by atoms with Crippen LogP contribution in [0.15, 0.2) is 71.6 Å². The molecule has 0 radical (unpaired) electrons. The molecule has 0 aliphatic carbocycles. The number of halogens is 3. The van der Waals surface area contributed by atoms with Crippen molar-refractivity contribution in [2.24, 2.45) is 0 Å². The third-order valence-electron chi connectivity index (χ3n) is 4.45. The molecule has 0 atom stereocenters. The quantitative estimate of drug-likeness (QED) is 0.376. The number of amides is 2. The lowest BCUT2D eigenvalue weighted by atomic mass is 10.2. The van der Waals surface area contributed by atoms with Crippen LogP contribution in [0.25, 0.3) is 6.08 Å². The fourth-order valence-electron chi connectivity index (χ4n) is 2.87. The highest BCUT2D eigenvalue weighted by atomic mass is 35.5. The molecule has 1 heterocycles. The zero-order valence-corrected chi connectivity index (χ0v) is 18.2. The van der Waals surface area contributed by atoms with Crippen molar-refractivity contribution in [2.45, 2.75) is 6.61 Å². The lowest BCUT2D eigenvalue weighted by Gasteiger charge is -2.12. The first kappa shape index (κ1) is 21.4. The largest absolute Gasteiger partial charge is 0.489 e. The Kier molecular flexibility index (Phi) is 6.32. The minimum Gasteiger partial charge on any atom is -0.489 e. The van der Waals surface area contributed by atoms with E-state index in [4.69, 9.17) is 27.9 Å². The fourth-order valence-corrected chi connectivity index (χ4v) is 4.02. The Morgan fingerprint density at radius 2 is 1.68 bits per heavy atom. The van der Waals surface area contributed by atoms with Gasteiger partial charge in [-0.05, 0) is 71.4 Å². The molecule has 8 heteroatoms. The molecule has 4 nitrogen and oxygen atoms in total. The van der Waals surface area contributed by atoms with Crippen LogP contribution < -0.4 is 9.64 Å². The molecule has 3 aromatic rings. The molecule has 0 unspecified atom stereocenters. The van der Waals surface area contributed by atoms with Crippen molar-refractivity contribution < 1.29 is 18.7 Å². The van der Waals surface area contributed by atoms with Crippen molar-refractivity contribution in [1.82, 2.24) is 0 Å². The number of rotatable bonds is 5. The third kappa shape index (κ3) is 4.93. The van der Waals surface area contributed by atoms with E-state index in [2.05, 4.69) is 0 Å². The van der Waals surface area contributed by atoms with Gasteiger partial charge in [0.2, 0.25) is 0 Å². The first-order valence-corrected chi connectivity index (χ1v) is 10.7. The first-order valence-electron chi connectivity index (χ1n) is 9.11. The van der Waals surface area contributed by atoms with Crippen molar-refractivity contribution in [1.29, 1.82) is 0 Å². The molecule has 4 rings (SSSR count). The average Bonchev–Trinajstić information content (AvgIpc) is 3.03. The molecule has 1 fully saturated rings. The van der Waals surface area contributed by atoms with Gasteiger partial charge in [0.1, 0.15) is 18.2 Å². The van der Waals surface area contributed by atoms with Gasteiger partial charge in [0.25, 0.3) is 11.1 Å². The molecular formula is C23H14Cl2FNO3S. The molecule has 31 heavy (non-hydrogen) atoms. The lowest BCUT2D eigenvalue weighted by molar-refractivity contribution is -0.113. The molecule has 1 saturated heterocycles. The van der Waals surface area contributed by atoms with E-state index in [0.717, 1.165) is 33.9 Å². The van der Waals surface area contributed by atoms with Crippen LogP contribution in [0.5, 0.6) is 5.75 Å². The summed E-state index contributed by atoms with van der Waals surface area (Å²) in [4.78, 5) is 26.3. The molecule has 0 bridgehead atoms. The third-order valence-corrected chi connectivity index (χ3v) is 5.86. The van der Waals surface area contributed by atoms with E-state index >= 15 is 0 Å². The second-order valence-electron chi connectivity index (χ2n) is 6.60. The molecule has 0 saturated carbocycles. The van der Waals surface area contributed by atoms with Crippen molar-refractivity contribution in [3.63, 3.8) is 0 Å². The molecule has 2 amide bonds. The monoisotopic (exact) mass is 473 g/mol. The van der Waals surface area contributed by atoms with Gasteiger partial charge in [-0.15, -0.1) is 0 Å². The summed E-state index contributed by atoms with van der Waals surface area (Å²) >= 11 is 12.5. The van der Waals surface area contributed by atoms with E-state index < -0.39 is 17.0 Å². The summed E-state index contributed by atoms with van der Waals surface area (Å²) < 4.78 is 19.1. The van der Waals surface area contributed by atoms with Gasteiger partial charge in [-0.25, -0.2) is 9.29 Å². The second-order valence-corrected chi connectivity index (χ2v) is 8.44. The summed E-state index contributed by atoms with van der Waals surface area (Å²) in [6.45, 7) is 0.398. The van der Waals surface area contributed by atoms with Crippen molar-refractivity contribution >= 4 is 57.9 Å². The molecular weight excluding hydrogens is 460 g/mol. The lowest BCUT2D eigenvalue weighted by Crippen LogP contribution is -2.27. The molecule has 1 aliphatic heterocycles. The summed E-state index contributed by atoms with van der Waals surface area (Å²) in [5.74, 6) is -0.437. The Balaban J connectivity index is 1.45. The maximum absolute atomic E-state index is 13.4. The van der Waals surface area contributed by atoms with Crippen LogP contribution >= 0.6 is 35.0 Å². The Hall–Kier alpha value is -2.80. The van der Waals surface area contributed by atoms with Gasteiger partial charge in [0.05, 0.1) is 15.6 Å². The zero-order valence-electron chi connectivity index (χ0n) is 15.8. The molecule has 3 aromatic carbocycles. The van der Waals surface area contributed by atoms with E-state index in [9.17, 15) is 14.0 Å². The van der Waals surface area contributed by atoms with Gasteiger partial charge in [0, 0.05) is 5.02 Å². The van der Waals surface area contributed by atoms with Crippen LogP contribution in [0.1, 0.15) is 11.1 Å². The highest BCUT2D eigenvalue weighted by Crippen LogP contribution is 2.37. The van der Waals surface area contributed by atoms with Crippen LogP contribution in [0.2, 0.25) is 10.0 Å². The molecule has 0 N–H and O–H groups in total. The number of nitrogens with zero attached hydrogens (tertiary/aromatic N) is 1. The summed E-state index contributed by atoms with van der Waals surface area (Å²) in [6.07, 6.45) is 1.62. The summed E-state index contributed by atoms with van der Waals surface area (Å²) in [6, 6.07) is 18.2. The highest BCUT2D eigenvalue weighted by Gasteiger charge is 2.36. The standard InChI is InChI=1S/C23H14Cl2FNO3S/c24-16-5-1-15(2-6-16)13-30-18-8-3-14(4-9-18)11-21-22(28)27(23(29)31-21)17-7-10-20(26)19(25)12-17/h1-12H,13H2/b21-11-. The van der Waals surface area contributed by atoms with Gasteiger partial charge < -0.3 is 4.74 Å². The van der Waals surface area contributed by atoms with Crippen LogP contribution in [0.4, 0.5) is 14.9 Å². The van der Waals surface area contributed by atoms with Crippen molar-refractivity contribution in [3.05, 3.63) is 98.6 Å². The number of hydrogen-bond acceptors (Lipinski definition) is 4. The number of thioether (sulfide) groups is 1. The summed E-state index contributed by atoms with van der Waals surface area (Å²) in [7, 11) is 0. The molecule has 1 aliphatic rings. The van der Waals surface area contributed by atoms with E-state index in [0.29, 0.717) is 17.4 Å². The summed E-state index contributed by atoms with van der Waals surface area (Å²) in [5, 5.41) is 0.0385. The Bertz CT molecular complexity index is 1180. The Labute approximate surface area is 192 Å². The minimum atomic E-state index is -0.619. The number of ether oxygens (including phenoxy) is 1. The van der Waals surface area contributed by atoms with Crippen LogP contribution in [-0.2, 0) is 11.4 Å². The highest BCUT2D eigenvalue weighted by molar-refractivity contribution is 8.19. The predicted octanol–water partition coefficient (Wildman–Crippen LogP) is 6.95. The molecule has 0 aromatic heterocycles. The van der Waals surface area contributed by atoms with Crippen LogP contribution in [0.3, 0.4) is 0 Å². The maximum atomic E-state index is 13.4. The van der Waals surface area contributed by atoms with E-state index in [1.807, 2.05) is 12.1 Å². The smallest absolute Gasteiger partial charge is 0.298 e. The van der Waals surface area contributed by atoms with E-state index in [-0.39, 0.29) is 15.6 Å². The van der Waals surface area contributed by atoms with Crippen LogP contribution in [-0.4, -0.2) is 11.1 Å². The SMILES string of the molecule is O=C1S/C(=C\c2ccc(OCc3ccc(Cl)cc3)cc2)C(=O)N1c1ccc(F)c(Cl)c1. The number of anilines is 1. The predicted molar refractivity (Wildman–Crippen MR) is 122 cm³/mol. The normalized spacial score (nSPS) is 15.1. The molecule has 156 valence electrons. The van der Waals surface area contributed by atoms with Crippen molar-refractivity contribution in [3.8, 4) is 5.75 Å². The van der Waals surface area contributed by atoms with Gasteiger partial charge in [-0.2, -0.15) is 0 Å². The topological polar surface area (TPSA) is 46.6 Å². The first-order chi connectivity index (χ1) is 14.9. The maximum Gasteiger partial charge on any atom is 0.298 e. The zero-order chi connectivity index (χ0) is 22.0. The number of carbonyl (C=O) groups excluding carboxylic acids is 2. The van der Waals surface area contributed by atoms with E-state index in [1.165, 1.54) is 12.1 Å². The van der Waals surface area contributed by atoms with Gasteiger partial charge >= 0.3 is 0 Å². The fraction of sp³-hybridized carbons (Fsp3) is 0.0435. The second kappa shape index (κ2) is 9.14. The number of imide groups is 1. The molecule has 0 spiro atoms. The number of carbonyl (C=O) groups is 2. The summed E-state index contributed by atoms with van der Waals surface area (Å²) in [5.41, 5.74) is 1.95. The van der Waals surface area contributed by atoms with E-state index in [1.54, 1.807) is 42.5 Å². The Morgan fingerprint density at radius 3 is 2.35 bits per heavy atom. The number of benzene rings is 3. The van der Waals surface area contributed by atoms with Crippen molar-refractivity contribution in [2.75, 3.05) is 4.90 Å². The van der Waals surface area contributed by atoms with Gasteiger partial charge in [0.15, 0.2) is 0 Å². The van der Waals surface area contributed by atoms with Gasteiger partial charge in [-0.1, -0.05) is 47.5 Å².